The Morgan fingerprint density at radius 1 is 1.15 bits per heavy atom. The van der Waals surface area contributed by atoms with Gasteiger partial charge in [0.2, 0.25) is 5.91 Å². The SMILES string of the molecule is C=CCOc1ccc(/C=C2/SC(=O)N(CC(=O)Nc3cccc(C)c3C)C2=O)cc1OCC. The number of benzene rings is 2. The lowest BCUT2D eigenvalue weighted by Gasteiger charge is -2.14. The molecule has 33 heavy (non-hydrogen) atoms. The topological polar surface area (TPSA) is 84.9 Å². The lowest BCUT2D eigenvalue weighted by molar-refractivity contribution is -0.127. The van der Waals surface area contributed by atoms with Crippen LogP contribution < -0.4 is 14.8 Å². The van der Waals surface area contributed by atoms with Gasteiger partial charge in [0.05, 0.1) is 11.5 Å². The van der Waals surface area contributed by atoms with Crippen LogP contribution in [0.3, 0.4) is 0 Å². The van der Waals surface area contributed by atoms with Gasteiger partial charge in [-0.3, -0.25) is 19.3 Å². The Morgan fingerprint density at radius 2 is 1.94 bits per heavy atom. The summed E-state index contributed by atoms with van der Waals surface area (Å²) in [6.45, 7) is 9.76. The fourth-order valence-corrected chi connectivity index (χ4v) is 4.00. The molecule has 0 atom stereocenters. The van der Waals surface area contributed by atoms with Gasteiger partial charge in [0, 0.05) is 5.69 Å². The number of hydrogen-bond donors (Lipinski definition) is 1. The number of hydrogen-bond acceptors (Lipinski definition) is 6. The number of anilines is 1. The standard InChI is InChI=1S/C25H26N2O5S/c1-5-12-32-20-11-10-18(13-21(20)31-6-2)14-22-24(29)27(25(30)33-22)15-23(28)26-19-9-7-8-16(3)17(19)4/h5,7-11,13-14H,1,6,12,15H2,2-4H3,(H,26,28)/b22-14+. The van der Waals surface area contributed by atoms with Crippen molar-refractivity contribution in [2.24, 2.45) is 0 Å². The summed E-state index contributed by atoms with van der Waals surface area (Å²) in [6, 6.07) is 10.8. The quantitative estimate of drug-likeness (QED) is 0.416. The molecule has 1 aliphatic rings. The van der Waals surface area contributed by atoms with Crippen molar-refractivity contribution in [3.8, 4) is 11.5 Å². The van der Waals surface area contributed by atoms with E-state index in [1.54, 1.807) is 36.4 Å². The van der Waals surface area contributed by atoms with Gasteiger partial charge in [-0.1, -0.05) is 30.9 Å². The van der Waals surface area contributed by atoms with Crippen molar-refractivity contribution >= 4 is 40.6 Å². The molecule has 0 saturated carbocycles. The van der Waals surface area contributed by atoms with E-state index in [-0.39, 0.29) is 11.4 Å². The molecule has 1 heterocycles. The summed E-state index contributed by atoms with van der Waals surface area (Å²) in [7, 11) is 0. The van der Waals surface area contributed by atoms with Gasteiger partial charge in [-0.05, 0) is 73.5 Å². The average Bonchev–Trinajstić information content (AvgIpc) is 3.04. The van der Waals surface area contributed by atoms with E-state index in [4.69, 9.17) is 9.47 Å². The molecule has 0 aliphatic carbocycles. The molecule has 1 saturated heterocycles. The molecule has 3 amide bonds. The summed E-state index contributed by atoms with van der Waals surface area (Å²) in [4.78, 5) is 38.9. The van der Waals surface area contributed by atoms with Gasteiger partial charge in [0.25, 0.3) is 11.1 Å². The second-order valence-electron chi connectivity index (χ2n) is 7.30. The van der Waals surface area contributed by atoms with Gasteiger partial charge >= 0.3 is 0 Å². The van der Waals surface area contributed by atoms with E-state index in [9.17, 15) is 14.4 Å². The monoisotopic (exact) mass is 466 g/mol. The number of imide groups is 1. The minimum Gasteiger partial charge on any atom is -0.490 e. The number of thioether (sulfide) groups is 1. The van der Waals surface area contributed by atoms with E-state index in [2.05, 4.69) is 11.9 Å². The first kappa shape index (κ1) is 24.1. The molecular weight excluding hydrogens is 440 g/mol. The molecule has 0 unspecified atom stereocenters. The highest BCUT2D eigenvalue weighted by molar-refractivity contribution is 8.18. The number of nitrogens with one attached hydrogen (secondary N) is 1. The van der Waals surface area contributed by atoms with Crippen LogP contribution >= 0.6 is 11.8 Å². The van der Waals surface area contributed by atoms with Crippen LogP contribution in [-0.2, 0) is 9.59 Å². The first-order chi connectivity index (χ1) is 15.8. The van der Waals surface area contributed by atoms with Crippen LogP contribution in [0, 0.1) is 13.8 Å². The third-order valence-electron chi connectivity index (χ3n) is 4.98. The van der Waals surface area contributed by atoms with Crippen LogP contribution in [0.2, 0.25) is 0 Å². The summed E-state index contributed by atoms with van der Waals surface area (Å²) in [6.07, 6.45) is 3.24. The number of nitrogens with zero attached hydrogens (tertiary/aromatic N) is 1. The lowest BCUT2D eigenvalue weighted by Crippen LogP contribution is -2.36. The highest BCUT2D eigenvalue weighted by atomic mass is 32.2. The fraction of sp³-hybridized carbons (Fsp3) is 0.240. The first-order valence-corrected chi connectivity index (χ1v) is 11.3. The zero-order valence-corrected chi connectivity index (χ0v) is 19.7. The van der Waals surface area contributed by atoms with Crippen molar-refractivity contribution in [1.82, 2.24) is 4.90 Å². The normalized spacial score (nSPS) is 14.5. The molecule has 0 spiro atoms. The molecular formula is C25H26N2O5S. The maximum Gasteiger partial charge on any atom is 0.294 e. The van der Waals surface area contributed by atoms with Crippen LogP contribution in [0.4, 0.5) is 10.5 Å². The molecule has 0 bridgehead atoms. The average molecular weight is 467 g/mol. The van der Waals surface area contributed by atoms with Crippen LogP contribution in [0.5, 0.6) is 11.5 Å². The molecule has 0 aromatic heterocycles. The molecule has 1 fully saturated rings. The summed E-state index contributed by atoms with van der Waals surface area (Å²) in [5, 5.41) is 2.29. The molecule has 2 aromatic rings. The Morgan fingerprint density at radius 3 is 2.67 bits per heavy atom. The Kier molecular flexibility index (Phi) is 7.95. The van der Waals surface area contributed by atoms with Crippen molar-refractivity contribution in [2.45, 2.75) is 20.8 Å². The smallest absolute Gasteiger partial charge is 0.294 e. The second-order valence-corrected chi connectivity index (χ2v) is 8.30. The van der Waals surface area contributed by atoms with Crippen molar-refractivity contribution in [3.63, 3.8) is 0 Å². The second kappa shape index (κ2) is 10.9. The largest absolute Gasteiger partial charge is 0.490 e. The third-order valence-corrected chi connectivity index (χ3v) is 5.88. The van der Waals surface area contributed by atoms with Gasteiger partial charge in [-0.2, -0.15) is 0 Å². The number of carbonyl (C=O) groups excluding carboxylic acids is 3. The molecule has 1 N–H and O–H groups in total. The van der Waals surface area contributed by atoms with E-state index in [1.165, 1.54) is 0 Å². The zero-order chi connectivity index (χ0) is 24.0. The number of ether oxygens (including phenoxy) is 2. The Hall–Kier alpha value is -3.52. The predicted molar refractivity (Wildman–Crippen MR) is 131 cm³/mol. The first-order valence-electron chi connectivity index (χ1n) is 10.5. The number of amides is 3. The Balaban J connectivity index is 1.73. The fourth-order valence-electron chi connectivity index (χ4n) is 3.16. The predicted octanol–water partition coefficient (Wildman–Crippen LogP) is 4.94. The maximum atomic E-state index is 12.8. The summed E-state index contributed by atoms with van der Waals surface area (Å²) < 4.78 is 11.2. The third kappa shape index (κ3) is 5.84. The molecule has 1 aliphatic heterocycles. The maximum absolute atomic E-state index is 12.8. The minimum atomic E-state index is -0.508. The van der Waals surface area contributed by atoms with E-state index < -0.39 is 17.1 Å². The minimum absolute atomic E-state index is 0.238. The highest BCUT2D eigenvalue weighted by Crippen LogP contribution is 2.34. The Labute approximate surface area is 197 Å². The van der Waals surface area contributed by atoms with Crippen LogP contribution in [-0.4, -0.2) is 41.7 Å². The van der Waals surface area contributed by atoms with Gasteiger partial charge in [0.1, 0.15) is 13.2 Å². The van der Waals surface area contributed by atoms with Gasteiger partial charge < -0.3 is 14.8 Å². The van der Waals surface area contributed by atoms with E-state index in [1.807, 2.05) is 32.9 Å². The summed E-state index contributed by atoms with van der Waals surface area (Å²) >= 11 is 0.801. The molecule has 172 valence electrons. The van der Waals surface area contributed by atoms with Crippen molar-refractivity contribution in [1.29, 1.82) is 0 Å². The number of rotatable bonds is 9. The van der Waals surface area contributed by atoms with Crippen molar-refractivity contribution < 1.29 is 23.9 Å². The lowest BCUT2D eigenvalue weighted by atomic mass is 10.1. The Bertz CT molecular complexity index is 1130. The number of aryl methyl sites for hydroxylation is 1. The van der Waals surface area contributed by atoms with Gasteiger partial charge in [0.15, 0.2) is 11.5 Å². The van der Waals surface area contributed by atoms with Gasteiger partial charge in [-0.25, -0.2) is 0 Å². The van der Waals surface area contributed by atoms with E-state index >= 15 is 0 Å². The van der Waals surface area contributed by atoms with Crippen molar-refractivity contribution in [2.75, 3.05) is 25.1 Å². The molecule has 7 nitrogen and oxygen atoms in total. The molecule has 2 aromatic carbocycles. The van der Waals surface area contributed by atoms with Crippen molar-refractivity contribution in [3.05, 3.63) is 70.6 Å². The van der Waals surface area contributed by atoms with E-state index in [0.29, 0.717) is 36.0 Å². The number of carbonyl (C=O) groups is 3. The summed E-state index contributed by atoms with van der Waals surface area (Å²) in [5.41, 5.74) is 3.30. The molecule has 3 rings (SSSR count). The van der Waals surface area contributed by atoms with Crippen LogP contribution in [0.15, 0.2) is 54.0 Å². The molecule has 0 radical (unpaired) electrons. The van der Waals surface area contributed by atoms with Crippen LogP contribution in [0.25, 0.3) is 6.08 Å². The van der Waals surface area contributed by atoms with E-state index in [0.717, 1.165) is 27.8 Å². The van der Waals surface area contributed by atoms with Crippen LogP contribution in [0.1, 0.15) is 23.6 Å². The zero-order valence-electron chi connectivity index (χ0n) is 18.8. The highest BCUT2D eigenvalue weighted by Gasteiger charge is 2.36. The molecule has 8 heteroatoms. The van der Waals surface area contributed by atoms with Gasteiger partial charge in [-0.15, -0.1) is 0 Å². The summed E-state index contributed by atoms with van der Waals surface area (Å²) in [5.74, 6) is 0.144.